The molecule has 2 rings (SSSR count). The summed E-state index contributed by atoms with van der Waals surface area (Å²) < 4.78 is 1.05. The van der Waals surface area contributed by atoms with Gasteiger partial charge in [0.25, 0.3) is 0 Å². The molecule has 4 heteroatoms. The summed E-state index contributed by atoms with van der Waals surface area (Å²) in [5.74, 6) is 0. The van der Waals surface area contributed by atoms with E-state index in [9.17, 15) is 5.26 Å². The predicted octanol–water partition coefficient (Wildman–Crippen LogP) is 4.58. The van der Waals surface area contributed by atoms with Gasteiger partial charge < -0.3 is 5.32 Å². The Morgan fingerprint density at radius 1 is 1.20 bits per heavy atom. The molecule has 102 valence electrons. The standard InChI is InChI=1S/C16H15BrN2S/c1-2-19-11-12-7-8-15(13(9-12)10-18)20-16-6-4-3-5-14(16)17/h3-9,19H,2,11H2,1H3. The molecule has 2 nitrogen and oxygen atoms in total. The van der Waals surface area contributed by atoms with E-state index in [2.05, 4.69) is 40.3 Å². The molecule has 0 unspecified atom stereocenters. The lowest BCUT2D eigenvalue weighted by Crippen LogP contribution is -2.11. The first-order chi connectivity index (χ1) is 9.74. The van der Waals surface area contributed by atoms with Crippen molar-refractivity contribution in [2.45, 2.75) is 23.3 Å². The molecule has 2 aromatic carbocycles. The van der Waals surface area contributed by atoms with E-state index in [0.717, 1.165) is 38.5 Å². The molecule has 0 aliphatic heterocycles. The molecule has 0 heterocycles. The van der Waals surface area contributed by atoms with Crippen LogP contribution in [-0.2, 0) is 6.54 Å². The number of rotatable bonds is 5. The topological polar surface area (TPSA) is 35.8 Å². The maximum Gasteiger partial charge on any atom is 0.100 e. The minimum absolute atomic E-state index is 0.723. The third kappa shape index (κ3) is 3.86. The Morgan fingerprint density at radius 3 is 2.70 bits per heavy atom. The van der Waals surface area contributed by atoms with Crippen LogP contribution in [0.4, 0.5) is 0 Å². The summed E-state index contributed by atoms with van der Waals surface area (Å²) in [6.45, 7) is 3.79. The van der Waals surface area contributed by atoms with Crippen LogP contribution in [0.2, 0.25) is 0 Å². The summed E-state index contributed by atoms with van der Waals surface area (Å²) in [6.07, 6.45) is 0. The van der Waals surface area contributed by atoms with Gasteiger partial charge in [0, 0.05) is 20.8 Å². The second-order valence-electron chi connectivity index (χ2n) is 4.26. The average molecular weight is 347 g/mol. The van der Waals surface area contributed by atoms with Gasteiger partial charge in [0.15, 0.2) is 0 Å². The number of nitriles is 1. The van der Waals surface area contributed by atoms with Gasteiger partial charge in [-0.3, -0.25) is 0 Å². The van der Waals surface area contributed by atoms with Crippen LogP contribution in [0.1, 0.15) is 18.1 Å². The predicted molar refractivity (Wildman–Crippen MR) is 86.8 cm³/mol. The summed E-state index contributed by atoms with van der Waals surface area (Å²) in [6, 6.07) is 16.4. The second-order valence-corrected chi connectivity index (χ2v) is 6.19. The summed E-state index contributed by atoms with van der Waals surface area (Å²) in [4.78, 5) is 2.10. The number of nitrogens with zero attached hydrogens (tertiary/aromatic N) is 1. The maximum absolute atomic E-state index is 9.32. The molecule has 0 fully saturated rings. The number of halogens is 1. The van der Waals surface area contributed by atoms with Crippen molar-refractivity contribution in [2.75, 3.05) is 6.54 Å². The van der Waals surface area contributed by atoms with Crippen LogP contribution in [0.15, 0.2) is 56.7 Å². The van der Waals surface area contributed by atoms with Crippen molar-refractivity contribution in [1.82, 2.24) is 5.32 Å². The zero-order chi connectivity index (χ0) is 14.4. The Balaban J connectivity index is 2.24. The molecule has 0 radical (unpaired) electrons. The van der Waals surface area contributed by atoms with E-state index in [-0.39, 0.29) is 0 Å². The largest absolute Gasteiger partial charge is 0.313 e. The highest BCUT2D eigenvalue weighted by atomic mass is 79.9. The average Bonchev–Trinajstić information content (AvgIpc) is 2.48. The Kier molecular flexibility index (Phi) is 5.66. The van der Waals surface area contributed by atoms with Crippen LogP contribution in [-0.4, -0.2) is 6.54 Å². The van der Waals surface area contributed by atoms with Gasteiger partial charge in [0.1, 0.15) is 6.07 Å². The van der Waals surface area contributed by atoms with Crippen molar-refractivity contribution in [3.8, 4) is 6.07 Å². The molecule has 0 amide bonds. The van der Waals surface area contributed by atoms with E-state index in [1.165, 1.54) is 0 Å². The van der Waals surface area contributed by atoms with Crippen LogP contribution in [0.25, 0.3) is 0 Å². The van der Waals surface area contributed by atoms with Gasteiger partial charge >= 0.3 is 0 Å². The quantitative estimate of drug-likeness (QED) is 0.860. The molecule has 0 bridgehead atoms. The molecular formula is C16H15BrN2S. The zero-order valence-electron chi connectivity index (χ0n) is 11.2. The summed E-state index contributed by atoms with van der Waals surface area (Å²) in [5, 5.41) is 12.6. The van der Waals surface area contributed by atoms with Crippen molar-refractivity contribution in [3.63, 3.8) is 0 Å². The number of hydrogen-bond acceptors (Lipinski definition) is 3. The minimum Gasteiger partial charge on any atom is -0.313 e. The molecule has 0 aliphatic carbocycles. The number of hydrogen-bond donors (Lipinski definition) is 1. The van der Waals surface area contributed by atoms with Crippen molar-refractivity contribution >= 4 is 27.7 Å². The van der Waals surface area contributed by atoms with Gasteiger partial charge in [-0.1, -0.05) is 36.9 Å². The molecule has 2 aromatic rings. The Bertz CT molecular complexity index is 635. The normalized spacial score (nSPS) is 10.2. The molecule has 0 saturated heterocycles. The Hall–Kier alpha value is -1.28. The van der Waals surface area contributed by atoms with Gasteiger partial charge in [-0.05, 0) is 52.3 Å². The highest BCUT2D eigenvalue weighted by Gasteiger charge is 2.07. The third-order valence-electron chi connectivity index (χ3n) is 2.80. The first kappa shape index (κ1) is 15.1. The van der Waals surface area contributed by atoms with Crippen LogP contribution >= 0.6 is 27.7 Å². The van der Waals surface area contributed by atoms with E-state index < -0.39 is 0 Å². The molecule has 0 atom stereocenters. The lowest BCUT2D eigenvalue weighted by molar-refractivity contribution is 0.726. The van der Waals surface area contributed by atoms with Gasteiger partial charge in [-0.2, -0.15) is 5.26 Å². The monoisotopic (exact) mass is 346 g/mol. The lowest BCUT2D eigenvalue weighted by Gasteiger charge is -2.08. The van der Waals surface area contributed by atoms with E-state index in [0.29, 0.717) is 0 Å². The van der Waals surface area contributed by atoms with Gasteiger partial charge in [0.05, 0.1) is 5.56 Å². The molecule has 1 N–H and O–H groups in total. The van der Waals surface area contributed by atoms with Crippen molar-refractivity contribution < 1.29 is 0 Å². The molecular weight excluding hydrogens is 332 g/mol. The highest BCUT2D eigenvalue weighted by Crippen LogP contribution is 2.35. The first-order valence-electron chi connectivity index (χ1n) is 6.40. The molecule has 20 heavy (non-hydrogen) atoms. The highest BCUT2D eigenvalue weighted by molar-refractivity contribution is 9.10. The van der Waals surface area contributed by atoms with E-state index in [1.54, 1.807) is 11.8 Å². The van der Waals surface area contributed by atoms with Gasteiger partial charge in [-0.25, -0.2) is 0 Å². The van der Waals surface area contributed by atoms with Gasteiger partial charge in [-0.15, -0.1) is 0 Å². The molecule has 0 aromatic heterocycles. The SMILES string of the molecule is CCNCc1ccc(Sc2ccccc2Br)c(C#N)c1. The fourth-order valence-corrected chi connectivity index (χ4v) is 3.21. The molecule has 0 saturated carbocycles. The van der Waals surface area contributed by atoms with Crippen LogP contribution in [0.3, 0.4) is 0 Å². The van der Waals surface area contributed by atoms with Crippen LogP contribution in [0.5, 0.6) is 0 Å². The van der Waals surface area contributed by atoms with E-state index in [1.807, 2.05) is 36.4 Å². The molecule has 0 spiro atoms. The summed E-state index contributed by atoms with van der Waals surface area (Å²) in [5.41, 5.74) is 1.86. The summed E-state index contributed by atoms with van der Waals surface area (Å²) in [7, 11) is 0. The summed E-state index contributed by atoms with van der Waals surface area (Å²) >= 11 is 5.14. The first-order valence-corrected chi connectivity index (χ1v) is 8.01. The smallest absolute Gasteiger partial charge is 0.100 e. The van der Waals surface area contributed by atoms with E-state index in [4.69, 9.17) is 0 Å². The van der Waals surface area contributed by atoms with Crippen molar-refractivity contribution in [3.05, 3.63) is 58.1 Å². The van der Waals surface area contributed by atoms with Crippen LogP contribution < -0.4 is 5.32 Å². The number of nitrogens with one attached hydrogen (secondary N) is 1. The number of benzene rings is 2. The van der Waals surface area contributed by atoms with Crippen molar-refractivity contribution in [1.29, 1.82) is 5.26 Å². The fourth-order valence-electron chi connectivity index (χ4n) is 1.78. The molecule has 0 aliphatic rings. The fraction of sp³-hybridized carbons (Fsp3) is 0.188. The Morgan fingerprint density at radius 2 is 2.00 bits per heavy atom. The second kappa shape index (κ2) is 7.49. The maximum atomic E-state index is 9.32. The van der Waals surface area contributed by atoms with Crippen molar-refractivity contribution in [2.24, 2.45) is 0 Å². The lowest BCUT2D eigenvalue weighted by atomic mass is 10.1. The Labute approximate surface area is 132 Å². The van der Waals surface area contributed by atoms with Crippen LogP contribution in [0, 0.1) is 11.3 Å². The zero-order valence-corrected chi connectivity index (χ0v) is 13.6. The minimum atomic E-state index is 0.723. The third-order valence-corrected chi connectivity index (χ3v) is 4.91. The van der Waals surface area contributed by atoms with Gasteiger partial charge in [0.2, 0.25) is 0 Å². The van der Waals surface area contributed by atoms with E-state index >= 15 is 0 Å².